The summed E-state index contributed by atoms with van der Waals surface area (Å²) in [5.74, 6) is 5.00. The first-order valence-electron chi connectivity index (χ1n) is 13.1. The van der Waals surface area contributed by atoms with Gasteiger partial charge in [0.1, 0.15) is 0 Å². The van der Waals surface area contributed by atoms with Crippen LogP contribution in [0.15, 0.2) is 33.2 Å². The minimum absolute atomic E-state index is 0.131. The highest BCUT2D eigenvalue weighted by atomic mass is 32.1. The molecule has 214 valence electrons. The SMILES string of the molecule is CONC(=O)N(Cc1ccsc1)C1CCN([C@H](C)CCNC(=O)c2c(C)cc(C(C)(N)/N=N\N)nc2C)CC1. The first-order chi connectivity index (χ1) is 18.6. The van der Waals surface area contributed by atoms with Gasteiger partial charge in [0, 0.05) is 38.3 Å². The number of amides is 3. The second-order valence-electron chi connectivity index (χ2n) is 10.2. The number of nitrogens with zero attached hydrogens (tertiary/aromatic N) is 5. The fourth-order valence-electron chi connectivity index (χ4n) is 5.00. The van der Waals surface area contributed by atoms with Gasteiger partial charge in [-0.15, -0.1) is 5.11 Å². The Labute approximate surface area is 234 Å². The monoisotopic (exact) mass is 559 g/mol. The number of aromatic nitrogens is 1. The van der Waals surface area contributed by atoms with Gasteiger partial charge in [0.05, 0.1) is 24.1 Å². The number of urea groups is 1. The van der Waals surface area contributed by atoms with E-state index in [9.17, 15) is 9.59 Å². The third kappa shape index (κ3) is 7.94. The molecule has 0 aliphatic carbocycles. The molecule has 1 unspecified atom stereocenters. The van der Waals surface area contributed by atoms with E-state index < -0.39 is 5.66 Å². The summed E-state index contributed by atoms with van der Waals surface area (Å²) in [5.41, 5.74) is 10.9. The number of piperidine rings is 1. The Morgan fingerprint density at radius 2 is 2.08 bits per heavy atom. The lowest BCUT2D eigenvalue weighted by Crippen LogP contribution is -2.51. The lowest BCUT2D eigenvalue weighted by atomic mass is 10.00. The van der Waals surface area contributed by atoms with Crippen molar-refractivity contribution < 1.29 is 14.4 Å². The maximum Gasteiger partial charge on any atom is 0.341 e. The quantitative estimate of drug-likeness (QED) is 0.187. The average Bonchev–Trinajstić information content (AvgIpc) is 3.40. The molecule has 1 aliphatic heterocycles. The van der Waals surface area contributed by atoms with Crippen LogP contribution in [0.2, 0.25) is 0 Å². The van der Waals surface area contributed by atoms with Crippen LogP contribution in [0.5, 0.6) is 0 Å². The summed E-state index contributed by atoms with van der Waals surface area (Å²) in [6, 6.07) is 3.99. The molecule has 0 radical (unpaired) electrons. The summed E-state index contributed by atoms with van der Waals surface area (Å²) in [7, 11) is 1.45. The highest BCUT2D eigenvalue weighted by Gasteiger charge is 2.30. The van der Waals surface area contributed by atoms with Crippen LogP contribution < -0.4 is 22.4 Å². The molecule has 2 atom stereocenters. The molecule has 0 saturated carbocycles. The summed E-state index contributed by atoms with van der Waals surface area (Å²) in [5, 5.41) is 14.2. The van der Waals surface area contributed by atoms with Gasteiger partial charge >= 0.3 is 6.03 Å². The second kappa shape index (κ2) is 13.8. The molecule has 1 aliphatic rings. The van der Waals surface area contributed by atoms with Crippen LogP contribution in [-0.2, 0) is 17.0 Å². The van der Waals surface area contributed by atoms with Gasteiger partial charge in [-0.2, -0.15) is 11.3 Å². The van der Waals surface area contributed by atoms with Crippen molar-refractivity contribution in [2.24, 2.45) is 21.9 Å². The number of nitrogens with one attached hydrogen (secondary N) is 2. The zero-order valence-corrected chi connectivity index (χ0v) is 24.3. The van der Waals surface area contributed by atoms with Gasteiger partial charge < -0.3 is 26.7 Å². The normalized spacial score (nSPS) is 17.1. The molecule has 12 nitrogen and oxygen atoms in total. The number of aryl methyl sites for hydroxylation is 2. The van der Waals surface area contributed by atoms with Gasteiger partial charge in [-0.3, -0.25) is 14.6 Å². The van der Waals surface area contributed by atoms with Crippen LogP contribution in [0.3, 0.4) is 0 Å². The Bertz CT molecular complexity index is 1110. The summed E-state index contributed by atoms with van der Waals surface area (Å²) in [6.07, 6.45) is 2.55. The van der Waals surface area contributed by atoms with Gasteiger partial charge in [0.2, 0.25) is 0 Å². The number of carbonyl (C=O) groups is 2. The number of pyridine rings is 1. The molecular weight excluding hydrogens is 518 g/mol. The zero-order valence-electron chi connectivity index (χ0n) is 23.4. The van der Waals surface area contributed by atoms with E-state index in [1.807, 2.05) is 23.3 Å². The number of thiophene rings is 1. The summed E-state index contributed by atoms with van der Waals surface area (Å²) >= 11 is 1.62. The lowest BCUT2D eigenvalue weighted by Gasteiger charge is -2.40. The lowest BCUT2D eigenvalue weighted by molar-refractivity contribution is 0.0565. The number of nitrogens with two attached hydrogens (primary N) is 2. The Hall–Kier alpha value is -3.13. The molecule has 13 heteroatoms. The van der Waals surface area contributed by atoms with Crippen LogP contribution in [0, 0.1) is 13.8 Å². The number of carbonyl (C=O) groups excluding carboxylic acids is 2. The van der Waals surface area contributed by atoms with Gasteiger partial charge in [-0.05, 0) is 81.0 Å². The first-order valence-corrected chi connectivity index (χ1v) is 14.0. The standard InChI is InChI=1S/C26H41N9O3S/c1-17-14-22(26(4,27)32-33-28)30-19(3)23(17)24(36)29-10-6-18(2)34-11-7-21(8-12-34)35(25(37)31-38-5)15-20-9-13-39-16-20/h9,13-14,16,18,21H,6-8,10-12,15,27H2,1-5H3,(H2,28,32)(H,29,36)(H,31,37)/t18-,26?/m1/s1. The van der Waals surface area contributed by atoms with Crippen molar-refractivity contribution in [1.29, 1.82) is 0 Å². The van der Waals surface area contributed by atoms with Crippen LogP contribution in [0.4, 0.5) is 4.79 Å². The fraction of sp³-hybridized carbons (Fsp3) is 0.577. The number of hydrogen-bond acceptors (Lipinski definition) is 9. The molecule has 0 spiro atoms. The van der Waals surface area contributed by atoms with E-state index in [0.29, 0.717) is 30.0 Å². The molecule has 3 heterocycles. The predicted molar refractivity (Wildman–Crippen MR) is 151 cm³/mol. The Morgan fingerprint density at radius 3 is 2.67 bits per heavy atom. The molecule has 3 rings (SSSR count). The van der Waals surface area contributed by atoms with E-state index in [1.165, 1.54) is 7.11 Å². The van der Waals surface area contributed by atoms with E-state index in [2.05, 4.69) is 43.3 Å². The fourth-order valence-corrected chi connectivity index (χ4v) is 5.66. The van der Waals surface area contributed by atoms with Crippen molar-refractivity contribution in [3.05, 3.63) is 51.0 Å². The van der Waals surface area contributed by atoms with Gasteiger partial charge in [0.25, 0.3) is 5.91 Å². The maximum absolute atomic E-state index is 13.0. The topological polar surface area (TPSA) is 164 Å². The minimum atomic E-state index is -1.17. The van der Waals surface area contributed by atoms with Crippen molar-refractivity contribution in [3.63, 3.8) is 0 Å². The summed E-state index contributed by atoms with van der Waals surface area (Å²) in [4.78, 5) is 39.3. The number of rotatable bonds is 11. The van der Waals surface area contributed by atoms with Crippen LogP contribution in [0.25, 0.3) is 0 Å². The van der Waals surface area contributed by atoms with E-state index >= 15 is 0 Å². The molecular formula is C26H41N9O3S. The van der Waals surface area contributed by atoms with E-state index in [-0.39, 0.29) is 24.0 Å². The second-order valence-corrected chi connectivity index (χ2v) is 11.0. The third-order valence-corrected chi connectivity index (χ3v) is 7.93. The molecule has 3 amide bonds. The van der Waals surface area contributed by atoms with Crippen molar-refractivity contribution in [3.8, 4) is 0 Å². The molecule has 1 saturated heterocycles. The molecule has 0 aromatic carbocycles. The molecule has 39 heavy (non-hydrogen) atoms. The van der Waals surface area contributed by atoms with Crippen molar-refractivity contribution in [2.45, 2.75) is 71.2 Å². The Morgan fingerprint density at radius 1 is 1.36 bits per heavy atom. The van der Waals surface area contributed by atoms with Crippen LogP contribution >= 0.6 is 11.3 Å². The van der Waals surface area contributed by atoms with Gasteiger partial charge in [-0.25, -0.2) is 10.3 Å². The summed E-state index contributed by atoms with van der Waals surface area (Å²) < 4.78 is 0. The van der Waals surface area contributed by atoms with Gasteiger partial charge in [-0.1, -0.05) is 5.22 Å². The van der Waals surface area contributed by atoms with Crippen LogP contribution in [-0.4, -0.2) is 65.5 Å². The summed E-state index contributed by atoms with van der Waals surface area (Å²) in [6.45, 7) is 10.3. The molecule has 2 aromatic rings. The van der Waals surface area contributed by atoms with E-state index in [4.69, 9.17) is 16.4 Å². The van der Waals surface area contributed by atoms with Crippen LogP contribution in [0.1, 0.15) is 66.0 Å². The number of hydrogen-bond donors (Lipinski definition) is 4. The third-order valence-electron chi connectivity index (χ3n) is 7.20. The average molecular weight is 560 g/mol. The number of hydroxylamine groups is 1. The Kier molecular flexibility index (Phi) is 10.7. The molecule has 1 fully saturated rings. The van der Waals surface area contributed by atoms with E-state index in [1.54, 1.807) is 31.3 Å². The van der Waals surface area contributed by atoms with Crippen molar-refractivity contribution >= 4 is 23.3 Å². The zero-order chi connectivity index (χ0) is 28.6. The Balaban J connectivity index is 1.51. The maximum atomic E-state index is 13.0. The van der Waals surface area contributed by atoms with Crippen molar-refractivity contribution in [1.82, 2.24) is 25.6 Å². The highest BCUT2D eigenvalue weighted by Crippen LogP contribution is 2.24. The predicted octanol–water partition coefficient (Wildman–Crippen LogP) is 2.96. The van der Waals surface area contributed by atoms with Gasteiger partial charge in [0.15, 0.2) is 5.66 Å². The van der Waals surface area contributed by atoms with E-state index in [0.717, 1.165) is 43.5 Å². The van der Waals surface area contributed by atoms with Crippen molar-refractivity contribution in [2.75, 3.05) is 26.7 Å². The largest absolute Gasteiger partial charge is 0.352 e. The number of likely N-dealkylation sites (tertiary alicyclic amines) is 1. The highest BCUT2D eigenvalue weighted by molar-refractivity contribution is 7.07. The smallest absolute Gasteiger partial charge is 0.341 e. The molecule has 0 bridgehead atoms. The minimum Gasteiger partial charge on any atom is -0.352 e. The molecule has 6 N–H and O–H groups in total. The first kappa shape index (κ1) is 30.4. The molecule has 2 aromatic heterocycles.